The third-order valence-corrected chi connectivity index (χ3v) is 2.51. The number of nitrogens with zero attached hydrogens (tertiary/aromatic N) is 2. The number of carbonyl (C=O) groups excluding carboxylic acids is 1. The molecule has 0 N–H and O–H groups in total. The van der Waals surface area contributed by atoms with Crippen LogP contribution in [0.5, 0.6) is 0 Å². The highest BCUT2D eigenvalue weighted by atomic mass is 16.1. The monoisotopic (exact) mass is 176 g/mol. The first-order valence-corrected chi connectivity index (χ1v) is 4.48. The Bertz CT molecular complexity index is 314. The average Bonchev–Trinajstić information content (AvgIpc) is 2.90. The molecular weight excluding hydrogens is 164 g/mol. The van der Waals surface area contributed by atoms with Gasteiger partial charge in [0.1, 0.15) is 6.29 Å². The van der Waals surface area contributed by atoms with E-state index in [0.29, 0.717) is 0 Å². The van der Waals surface area contributed by atoms with Crippen molar-refractivity contribution in [2.24, 2.45) is 5.41 Å². The summed E-state index contributed by atoms with van der Waals surface area (Å²) in [6.45, 7) is 1.91. The number of aromatic nitrogens is 2. The second-order valence-electron chi connectivity index (χ2n) is 3.81. The number of aryl methyl sites for hydroxylation is 1. The summed E-state index contributed by atoms with van der Waals surface area (Å²) in [6, 6.07) is 0. The van der Waals surface area contributed by atoms with Crippen molar-refractivity contribution in [3.8, 4) is 0 Å². The van der Waals surface area contributed by atoms with Crippen molar-refractivity contribution in [1.29, 1.82) is 0 Å². The van der Waals surface area contributed by atoms with E-state index in [1.807, 2.05) is 6.92 Å². The van der Waals surface area contributed by atoms with Crippen molar-refractivity contribution in [2.45, 2.75) is 26.2 Å². The summed E-state index contributed by atoms with van der Waals surface area (Å²) < 4.78 is 0. The van der Waals surface area contributed by atoms with Gasteiger partial charge in [0.15, 0.2) is 0 Å². The summed E-state index contributed by atoms with van der Waals surface area (Å²) in [4.78, 5) is 19.1. The average molecular weight is 176 g/mol. The van der Waals surface area contributed by atoms with Gasteiger partial charge in [0.05, 0.1) is 11.4 Å². The van der Waals surface area contributed by atoms with Gasteiger partial charge < -0.3 is 4.79 Å². The summed E-state index contributed by atoms with van der Waals surface area (Å²) in [5.74, 6) is 0. The lowest BCUT2D eigenvalue weighted by molar-refractivity contribution is -0.112. The highest BCUT2D eigenvalue weighted by molar-refractivity contribution is 5.63. The lowest BCUT2D eigenvalue weighted by atomic mass is 10.0. The molecule has 1 heterocycles. The summed E-state index contributed by atoms with van der Waals surface area (Å²) in [7, 11) is 0. The molecule has 0 bridgehead atoms. The third-order valence-electron chi connectivity index (χ3n) is 2.51. The quantitative estimate of drug-likeness (QED) is 0.652. The highest BCUT2D eigenvalue weighted by Crippen LogP contribution is 2.45. The van der Waals surface area contributed by atoms with Crippen LogP contribution < -0.4 is 0 Å². The largest absolute Gasteiger partial charge is 0.303 e. The molecule has 3 heteroatoms. The Balaban J connectivity index is 2.10. The van der Waals surface area contributed by atoms with E-state index in [9.17, 15) is 4.79 Å². The number of carbonyl (C=O) groups is 1. The van der Waals surface area contributed by atoms with Crippen LogP contribution in [0, 0.1) is 12.3 Å². The van der Waals surface area contributed by atoms with E-state index in [4.69, 9.17) is 0 Å². The maximum Gasteiger partial charge on any atom is 0.126 e. The lowest BCUT2D eigenvalue weighted by Crippen LogP contribution is -2.08. The van der Waals surface area contributed by atoms with Crippen LogP contribution in [-0.4, -0.2) is 16.3 Å². The second-order valence-corrected chi connectivity index (χ2v) is 3.81. The summed E-state index contributed by atoms with van der Waals surface area (Å²) in [5, 5.41) is 0. The molecule has 0 saturated heterocycles. The van der Waals surface area contributed by atoms with E-state index in [1.54, 1.807) is 12.4 Å². The molecule has 0 unspecified atom stereocenters. The van der Waals surface area contributed by atoms with Crippen LogP contribution in [0.4, 0.5) is 0 Å². The van der Waals surface area contributed by atoms with E-state index in [-0.39, 0.29) is 5.41 Å². The van der Waals surface area contributed by atoms with Gasteiger partial charge in [-0.2, -0.15) is 0 Å². The molecule has 1 fully saturated rings. The van der Waals surface area contributed by atoms with Gasteiger partial charge in [0.2, 0.25) is 0 Å². The fraction of sp³-hybridized carbons (Fsp3) is 0.500. The van der Waals surface area contributed by atoms with E-state index in [1.165, 1.54) is 0 Å². The van der Waals surface area contributed by atoms with Crippen molar-refractivity contribution < 1.29 is 4.79 Å². The fourth-order valence-electron chi connectivity index (χ4n) is 1.37. The molecule has 0 spiro atoms. The summed E-state index contributed by atoms with van der Waals surface area (Å²) >= 11 is 0. The molecular formula is C10H12N2O. The first kappa shape index (κ1) is 8.35. The second kappa shape index (κ2) is 2.91. The van der Waals surface area contributed by atoms with Crippen molar-refractivity contribution in [2.75, 3.05) is 0 Å². The Kier molecular flexibility index (Phi) is 1.87. The topological polar surface area (TPSA) is 42.9 Å². The van der Waals surface area contributed by atoms with E-state index in [0.717, 1.165) is 36.9 Å². The van der Waals surface area contributed by atoms with Crippen molar-refractivity contribution in [3.63, 3.8) is 0 Å². The first-order chi connectivity index (χ1) is 6.24. The molecule has 2 rings (SSSR count). The lowest BCUT2D eigenvalue weighted by Gasteiger charge is -2.04. The molecule has 0 radical (unpaired) electrons. The van der Waals surface area contributed by atoms with Crippen LogP contribution in [0.15, 0.2) is 12.4 Å². The molecule has 0 aliphatic heterocycles. The number of aldehydes is 1. The van der Waals surface area contributed by atoms with E-state index < -0.39 is 0 Å². The molecule has 1 aliphatic rings. The standard InChI is InChI=1S/C10H12N2O/c1-8-5-12-9(6-11-8)4-10(7-13)2-3-10/h5-7H,2-4H2,1H3. The maximum absolute atomic E-state index is 10.7. The minimum absolute atomic E-state index is 0.0933. The minimum Gasteiger partial charge on any atom is -0.303 e. The van der Waals surface area contributed by atoms with Crippen LogP contribution in [0.3, 0.4) is 0 Å². The minimum atomic E-state index is -0.0933. The molecule has 13 heavy (non-hydrogen) atoms. The zero-order valence-electron chi connectivity index (χ0n) is 7.66. The Labute approximate surface area is 77.2 Å². The molecule has 0 aromatic carbocycles. The van der Waals surface area contributed by atoms with Crippen LogP contribution in [0.25, 0.3) is 0 Å². The molecule has 0 amide bonds. The van der Waals surface area contributed by atoms with Gasteiger partial charge in [-0.25, -0.2) is 0 Å². The van der Waals surface area contributed by atoms with Gasteiger partial charge in [-0.05, 0) is 19.8 Å². The zero-order valence-corrected chi connectivity index (χ0v) is 7.66. The Morgan fingerprint density at radius 2 is 2.23 bits per heavy atom. The highest BCUT2D eigenvalue weighted by Gasteiger charge is 2.42. The smallest absolute Gasteiger partial charge is 0.126 e. The third kappa shape index (κ3) is 1.74. The van der Waals surface area contributed by atoms with Crippen molar-refractivity contribution >= 4 is 6.29 Å². The summed E-state index contributed by atoms with van der Waals surface area (Å²) in [5.41, 5.74) is 1.75. The predicted octanol–water partition coefficient (Wildman–Crippen LogP) is 1.31. The Morgan fingerprint density at radius 3 is 2.69 bits per heavy atom. The molecule has 1 aromatic rings. The molecule has 1 aliphatic carbocycles. The van der Waals surface area contributed by atoms with Crippen LogP contribution in [0.2, 0.25) is 0 Å². The molecule has 3 nitrogen and oxygen atoms in total. The molecule has 1 saturated carbocycles. The normalized spacial score (nSPS) is 18.2. The molecule has 1 aromatic heterocycles. The first-order valence-electron chi connectivity index (χ1n) is 4.48. The van der Waals surface area contributed by atoms with Crippen molar-refractivity contribution in [1.82, 2.24) is 9.97 Å². The fourth-order valence-corrected chi connectivity index (χ4v) is 1.37. The number of rotatable bonds is 3. The van der Waals surface area contributed by atoms with Crippen LogP contribution >= 0.6 is 0 Å². The van der Waals surface area contributed by atoms with Crippen LogP contribution in [0.1, 0.15) is 24.2 Å². The maximum atomic E-state index is 10.7. The van der Waals surface area contributed by atoms with Gasteiger partial charge in [-0.15, -0.1) is 0 Å². The predicted molar refractivity (Wildman–Crippen MR) is 48.2 cm³/mol. The Hall–Kier alpha value is -1.25. The van der Waals surface area contributed by atoms with Crippen LogP contribution in [-0.2, 0) is 11.2 Å². The Morgan fingerprint density at radius 1 is 1.46 bits per heavy atom. The molecule has 0 atom stereocenters. The van der Waals surface area contributed by atoms with Gasteiger partial charge in [-0.3, -0.25) is 9.97 Å². The van der Waals surface area contributed by atoms with E-state index >= 15 is 0 Å². The van der Waals surface area contributed by atoms with E-state index in [2.05, 4.69) is 9.97 Å². The SMILES string of the molecule is Cc1cnc(CC2(C=O)CC2)cn1. The van der Waals surface area contributed by atoms with Gasteiger partial charge in [0, 0.05) is 24.2 Å². The number of hydrogen-bond donors (Lipinski definition) is 0. The molecule has 68 valence electrons. The zero-order chi connectivity index (χ0) is 9.31. The van der Waals surface area contributed by atoms with Gasteiger partial charge in [0.25, 0.3) is 0 Å². The summed E-state index contributed by atoms with van der Waals surface area (Å²) in [6.07, 6.45) is 7.34. The van der Waals surface area contributed by atoms with Gasteiger partial charge >= 0.3 is 0 Å². The van der Waals surface area contributed by atoms with Crippen molar-refractivity contribution in [3.05, 3.63) is 23.8 Å². The van der Waals surface area contributed by atoms with Gasteiger partial charge in [-0.1, -0.05) is 0 Å². The number of hydrogen-bond acceptors (Lipinski definition) is 3.